The summed E-state index contributed by atoms with van der Waals surface area (Å²) in [6.07, 6.45) is 1.52. The van der Waals surface area contributed by atoms with E-state index in [1.807, 2.05) is 19.0 Å². The molecule has 0 saturated heterocycles. The van der Waals surface area contributed by atoms with Crippen molar-refractivity contribution in [1.82, 2.24) is 20.1 Å². The molecule has 1 unspecified atom stereocenters. The number of nitrogens with one attached hydrogen (secondary N) is 1. The van der Waals surface area contributed by atoms with Crippen LogP contribution in [-0.4, -0.2) is 66.0 Å². The fourth-order valence-electron chi connectivity index (χ4n) is 4.62. The minimum atomic E-state index is -1.86. The molecule has 3 aromatic rings. The van der Waals surface area contributed by atoms with Crippen LogP contribution < -0.4 is 5.32 Å². The van der Waals surface area contributed by atoms with Crippen molar-refractivity contribution in [3.05, 3.63) is 98.8 Å². The third-order valence-corrected chi connectivity index (χ3v) is 7.20. The number of pyridine rings is 1. The van der Waals surface area contributed by atoms with Gasteiger partial charge in [-0.1, -0.05) is 47.5 Å². The van der Waals surface area contributed by atoms with Crippen LogP contribution in [0.2, 0.25) is 10.0 Å². The second-order valence-corrected chi connectivity index (χ2v) is 10.5. The van der Waals surface area contributed by atoms with Crippen molar-refractivity contribution in [3.8, 4) is 0 Å². The Morgan fingerprint density at radius 3 is 2.42 bits per heavy atom. The van der Waals surface area contributed by atoms with Gasteiger partial charge in [0.15, 0.2) is 11.3 Å². The second-order valence-electron chi connectivity index (χ2n) is 9.61. The van der Waals surface area contributed by atoms with Crippen molar-refractivity contribution in [2.45, 2.75) is 24.8 Å². The van der Waals surface area contributed by atoms with E-state index in [4.69, 9.17) is 27.9 Å². The van der Waals surface area contributed by atoms with E-state index in [1.165, 1.54) is 20.2 Å². The van der Waals surface area contributed by atoms with Crippen molar-refractivity contribution >= 4 is 35.0 Å². The Bertz CT molecular complexity index is 1330. The molecule has 38 heavy (non-hydrogen) atoms. The number of hydrogen-bond donors (Lipinski definition) is 2. The van der Waals surface area contributed by atoms with Crippen LogP contribution in [0.5, 0.6) is 0 Å². The van der Waals surface area contributed by atoms with E-state index in [1.54, 1.807) is 59.5 Å². The van der Waals surface area contributed by atoms with Crippen LogP contribution in [0, 0.1) is 0 Å². The molecule has 2 aromatic carbocycles. The van der Waals surface area contributed by atoms with Gasteiger partial charge >= 0.3 is 0 Å². The van der Waals surface area contributed by atoms with Gasteiger partial charge in [-0.3, -0.25) is 19.5 Å². The summed E-state index contributed by atoms with van der Waals surface area (Å²) in [6, 6.07) is 15.4. The molecule has 2 atom stereocenters. The largest absolute Gasteiger partial charge is 0.376 e. The number of fused-ring (bicyclic) bond motifs is 1. The van der Waals surface area contributed by atoms with E-state index in [0.29, 0.717) is 51.1 Å². The predicted molar refractivity (Wildman–Crippen MR) is 146 cm³/mol. The summed E-state index contributed by atoms with van der Waals surface area (Å²) in [7, 11) is 5.32. The first-order valence-corrected chi connectivity index (χ1v) is 12.8. The monoisotopic (exact) mass is 556 g/mol. The van der Waals surface area contributed by atoms with Gasteiger partial charge in [-0.2, -0.15) is 0 Å². The Labute approximate surface area is 232 Å². The van der Waals surface area contributed by atoms with Crippen molar-refractivity contribution in [1.29, 1.82) is 0 Å². The molecule has 0 aliphatic carbocycles. The van der Waals surface area contributed by atoms with Crippen LogP contribution >= 0.6 is 23.2 Å². The summed E-state index contributed by atoms with van der Waals surface area (Å²) >= 11 is 12.2. The van der Waals surface area contributed by atoms with E-state index in [9.17, 15) is 14.7 Å². The summed E-state index contributed by atoms with van der Waals surface area (Å²) in [5, 5.41) is 15.0. The Kier molecular flexibility index (Phi) is 8.11. The van der Waals surface area contributed by atoms with Crippen molar-refractivity contribution in [2.75, 3.05) is 34.3 Å². The fraction of sp³-hybridized carbons (Fsp3) is 0.321. The Morgan fingerprint density at radius 2 is 1.82 bits per heavy atom. The number of aliphatic hydroxyl groups is 1. The summed E-state index contributed by atoms with van der Waals surface area (Å²) < 4.78 is 6.14. The van der Waals surface area contributed by atoms with Crippen molar-refractivity contribution in [2.24, 2.45) is 0 Å². The van der Waals surface area contributed by atoms with Crippen LogP contribution in [0.15, 0.2) is 60.8 Å². The number of carbonyl (C=O) groups excluding carboxylic acids is 2. The number of hydrogen-bond acceptors (Lipinski definition) is 6. The number of carbonyl (C=O) groups is 2. The third-order valence-electron chi connectivity index (χ3n) is 6.73. The molecule has 4 rings (SSSR count). The van der Waals surface area contributed by atoms with Crippen LogP contribution in [0.25, 0.3) is 0 Å². The minimum absolute atomic E-state index is 0.123. The number of likely N-dealkylation sites (N-methyl/N-ethyl adjacent to an activating group) is 1. The summed E-state index contributed by atoms with van der Waals surface area (Å²) in [5.74, 6) is -0.887. The number of amides is 2. The fourth-order valence-corrected chi connectivity index (χ4v) is 4.86. The smallest absolute Gasteiger partial charge is 0.257 e. The van der Waals surface area contributed by atoms with Crippen LogP contribution in [-0.2, 0) is 27.4 Å². The standard InChI is InChI=1S/C28H30Cl2N4O4/c1-27(37,26(36)31-13-14-33(2)3)19-7-12-24-23(15-19)25(35)34(17-22-11-10-21(30)16-32-22)28(24,38-4)18-5-8-20(29)9-6-18/h5-12,15-16,37H,13-14,17H2,1-4H3,(H,31,36)/t27?,28-/m1/s1. The molecule has 8 nitrogen and oxygen atoms in total. The molecule has 0 bridgehead atoms. The molecule has 1 aliphatic heterocycles. The van der Waals surface area contributed by atoms with Crippen LogP contribution in [0.4, 0.5) is 0 Å². The van der Waals surface area contributed by atoms with Gasteiger partial charge in [0, 0.05) is 48.1 Å². The first kappa shape index (κ1) is 28.0. The van der Waals surface area contributed by atoms with Crippen molar-refractivity contribution < 1.29 is 19.4 Å². The van der Waals surface area contributed by atoms with Crippen LogP contribution in [0.3, 0.4) is 0 Å². The maximum absolute atomic E-state index is 14.0. The zero-order valence-electron chi connectivity index (χ0n) is 21.7. The lowest BCUT2D eigenvalue weighted by Crippen LogP contribution is -2.46. The van der Waals surface area contributed by atoms with Crippen LogP contribution in [0.1, 0.15) is 39.7 Å². The van der Waals surface area contributed by atoms with Gasteiger partial charge in [0.25, 0.3) is 11.8 Å². The van der Waals surface area contributed by atoms with E-state index >= 15 is 0 Å². The molecule has 0 radical (unpaired) electrons. The molecule has 2 N–H and O–H groups in total. The lowest BCUT2D eigenvalue weighted by atomic mass is 9.88. The van der Waals surface area contributed by atoms with Gasteiger partial charge in [-0.15, -0.1) is 0 Å². The highest BCUT2D eigenvalue weighted by atomic mass is 35.5. The lowest BCUT2D eigenvalue weighted by Gasteiger charge is -2.38. The quantitative estimate of drug-likeness (QED) is 0.416. The number of rotatable bonds is 9. The molecule has 2 amide bonds. The molecular formula is C28H30Cl2N4O4. The molecular weight excluding hydrogens is 527 g/mol. The minimum Gasteiger partial charge on any atom is -0.376 e. The van der Waals surface area contributed by atoms with Crippen molar-refractivity contribution in [3.63, 3.8) is 0 Å². The number of halogens is 2. The SMILES string of the molecule is CO[C@]1(c2ccc(Cl)cc2)c2ccc(C(C)(O)C(=O)NCCN(C)C)cc2C(=O)N1Cc1ccc(Cl)cn1. The zero-order chi connectivity index (χ0) is 27.7. The first-order chi connectivity index (χ1) is 18.0. The second kappa shape index (κ2) is 11.0. The molecule has 0 saturated carbocycles. The van der Waals surface area contributed by atoms with Gasteiger partial charge in [0.05, 0.1) is 17.3 Å². The topological polar surface area (TPSA) is 95.0 Å². The molecule has 1 aliphatic rings. The Hall–Kier alpha value is -3.01. The number of ether oxygens (including phenoxy) is 1. The summed E-state index contributed by atoms with van der Waals surface area (Å²) in [6.45, 7) is 2.53. The number of aromatic nitrogens is 1. The Morgan fingerprint density at radius 1 is 1.13 bits per heavy atom. The Balaban J connectivity index is 1.79. The molecule has 0 fully saturated rings. The molecule has 0 spiro atoms. The highest BCUT2D eigenvalue weighted by molar-refractivity contribution is 6.30. The maximum Gasteiger partial charge on any atom is 0.257 e. The first-order valence-electron chi connectivity index (χ1n) is 12.0. The zero-order valence-corrected chi connectivity index (χ0v) is 23.2. The van der Waals surface area contributed by atoms with Gasteiger partial charge in [0.2, 0.25) is 0 Å². The lowest BCUT2D eigenvalue weighted by molar-refractivity contribution is -0.139. The average Bonchev–Trinajstić information content (AvgIpc) is 3.13. The predicted octanol–water partition coefficient (Wildman–Crippen LogP) is 3.78. The molecule has 2 heterocycles. The summed E-state index contributed by atoms with van der Waals surface area (Å²) in [5.41, 5.74) is -0.674. The van der Waals surface area contributed by atoms with Gasteiger partial charge in [-0.25, -0.2) is 0 Å². The summed E-state index contributed by atoms with van der Waals surface area (Å²) in [4.78, 5) is 34.7. The number of benzene rings is 2. The molecule has 10 heteroatoms. The number of methoxy groups -OCH3 is 1. The van der Waals surface area contributed by atoms with E-state index in [2.05, 4.69) is 10.3 Å². The van der Waals surface area contributed by atoms with E-state index < -0.39 is 17.2 Å². The molecule has 200 valence electrons. The molecule has 1 aromatic heterocycles. The van der Waals surface area contributed by atoms with E-state index in [0.717, 1.165) is 0 Å². The van der Waals surface area contributed by atoms with Gasteiger partial charge in [0.1, 0.15) is 0 Å². The highest BCUT2D eigenvalue weighted by Gasteiger charge is 2.52. The highest BCUT2D eigenvalue weighted by Crippen LogP contribution is 2.46. The average molecular weight is 557 g/mol. The number of nitrogens with zero attached hydrogens (tertiary/aromatic N) is 3. The third kappa shape index (κ3) is 5.15. The van der Waals surface area contributed by atoms with E-state index in [-0.39, 0.29) is 12.5 Å². The maximum atomic E-state index is 14.0. The normalized spacial score (nSPS) is 18.4. The van der Waals surface area contributed by atoms with Gasteiger partial charge < -0.3 is 20.1 Å². The van der Waals surface area contributed by atoms with Gasteiger partial charge in [-0.05, 0) is 56.9 Å².